The average Bonchev–Trinajstić information content (AvgIpc) is 2.99. The summed E-state index contributed by atoms with van der Waals surface area (Å²) in [4.78, 5) is 15.4. The predicted octanol–water partition coefficient (Wildman–Crippen LogP) is 3.55. The highest BCUT2D eigenvalue weighted by Crippen LogP contribution is 2.29. The van der Waals surface area contributed by atoms with Crippen molar-refractivity contribution in [2.45, 2.75) is 13.8 Å². The van der Waals surface area contributed by atoms with Gasteiger partial charge in [-0.3, -0.25) is 14.5 Å². The normalized spacial score (nSPS) is 11.1. The minimum atomic E-state index is -0.398. The van der Waals surface area contributed by atoms with Gasteiger partial charge in [0, 0.05) is 11.8 Å². The lowest BCUT2D eigenvalue weighted by Crippen LogP contribution is -2.03. The van der Waals surface area contributed by atoms with Crippen LogP contribution in [-0.4, -0.2) is 24.5 Å². The average molecular weight is 334 g/mol. The Morgan fingerprint density at radius 1 is 1.08 bits per heavy atom. The number of para-hydroxylation sites is 2. The SMILES string of the molecule is Cc1c(Nc2nc3ccccc3n3c(C)nnc23)cccc1[N+](=O)[O-]. The molecule has 0 atom stereocenters. The second-order valence-corrected chi connectivity index (χ2v) is 5.69. The molecule has 0 saturated carbocycles. The molecule has 4 aromatic rings. The van der Waals surface area contributed by atoms with Crippen LogP contribution >= 0.6 is 0 Å². The number of nitrogens with zero attached hydrogens (tertiary/aromatic N) is 5. The summed E-state index contributed by atoms with van der Waals surface area (Å²) in [6.07, 6.45) is 0. The first kappa shape index (κ1) is 15.0. The highest BCUT2D eigenvalue weighted by atomic mass is 16.6. The molecule has 124 valence electrons. The van der Waals surface area contributed by atoms with Crippen molar-refractivity contribution in [2.75, 3.05) is 5.32 Å². The molecule has 0 aliphatic carbocycles. The Balaban J connectivity index is 1.93. The van der Waals surface area contributed by atoms with E-state index in [4.69, 9.17) is 0 Å². The first-order valence-corrected chi connectivity index (χ1v) is 7.68. The number of benzene rings is 2. The van der Waals surface area contributed by atoms with Crippen LogP contribution in [0.1, 0.15) is 11.4 Å². The maximum atomic E-state index is 11.2. The molecule has 2 aromatic heterocycles. The fourth-order valence-corrected chi connectivity index (χ4v) is 2.89. The molecule has 0 fully saturated rings. The minimum Gasteiger partial charge on any atom is -0.337 e. The number of hydrogen-bond donors (Lipinski definition) is 1. The van der Waals surface area contributed by atoms with Gasteiger partial charge < -0.3 is 5.32 Å². The molecular weight excluding hydrogens is 320 g/mol. The van der Waals surface area contributed by atoms with E-state index < -0.39 is 4.92 Å². The number of hydrogen-bond acceptors (Lipinski definition) is 6. The van der Waals surface area contributed by atoms with E-state index in [0.717, 1.165) is 16.9 Å². The molecule has 0 aliphatic heterocycles. The second-order valence-electron chi connectivity index (χ2n) is 5.69. The molecule has 25 heavy (non-hydrogen) atoms. The fraction of sp³-hybridized carbons (Fsp3) is 0.118. The molecule has 0 aliphatic rings. The smallest absolute Gasteiger partial charge is 0.274 e. The van der Waals surface area contributed by atoms with Gasteiger partial charge in [-0.2, -0.15) is 0 Å². The van der Waals surface area contributed by atoms with Crippen LogP contribution in [0.25, 0.3) is 16.7 Å². The van der Waals surface area contributed by atoms with Crippen LogP contribution in [0.4, 0.5) is 17.2 Å². The maximum Gasteiger partial charge on any atom is 0.274 e. The van der Waals surface area contributed by atoms with Crippen molar-refractivity contribution in [3.63, 3.8) is 0 Å². The largest absolute Gasteiger partial charge is 0.337 e. The van der Waals surface area contributed by atoms with Crippen LogP contribution < -0.4 is 5.32 Å². The number of nitro groups is 1. The van der Waals surface area contributed by atoms with Gasteiger partial charge in [-0.15, -0.1) is 10.2 Å². The number of aromatic nitrogens is 4. The number of nitro benzene ring substituents is 1. The summed E-state index contributed by atoms with van der Waals surface area (Å²) in [6.45, 7) is 3.57. The van der Waals surface area contributed by atoms with Crippen LogP contribution in [0, 0.1) is 24.0 Å². The molecule has 2 aromatic carbocycles. The predicted molar refractivity (Wildman–Crippen MR) is 94.1 cm³/mol. The van der Waals surface area contributed by atoms with E-state index in [0.29, 0.717) is 22.7 Å². The molecule has 0 amide bonds. The van der Waals surface area contributed by atoms with Crippen molar-refractivity contribution >= 4 is 33.9 Å². The monoisotopic (exact) mass is 334 g/mol. The van der Waals surface area contributed by atoms with Crippen molar-refractivity contribution in [2.24, 2.45) is 0 Å². The molecule has 2 heterocycles. The fourth-order valence-electron chi connectivity index (χ4n) is 2.89. The van der Waals surface area contributed by atoms with Crippen LogP contribution in [0.15, 0.2) is 42.5 Å². The van der Waals surface area contributed by atoms with E-state index in [1.165, 1.54) is 6.07 Å². The second kappa shape index (κ2) is 5.52. The zero-order valence-electron chi connectivity index (χ0n) is 13.6. The Bertz CT molecular complexity index is 1130. The topological polar surface area (TPSA) is 98.2 Å². The molecule has 0 radical (unpaired) electrons. The molecule has 4 rings (SSSR count). The quantitative estimate of drug-likeness (QED) is 0.454. The third kappa shape index (κ3) is 2.35. The molecule has 0 unspecified atom stereocenters. The van der Waals surface area contributed by atoms with Crippen LogP contribution in [0.3, 0.4) is 0 Å². The molecule has 8 heteroatoms. The van der Waals surface area contributed by atoms with Gasteiger partial charge in [0.25, 0.3) is 5.69 Å². The lowest BCUT2D eigenvalue weighted by Gasteiger charge is -2.11. The summed E-state index contributed by atoms with van der Waals surface area (Å²) in [5, 5.41) is 22.7. The number of anilines is 2. The van der Waals surface area contributed by atoms with Gasteiger partial charge in [0.2, 0.25) is 5.65 Å². The standard InChI is InChI=1S/C17H14N6O2/c1-10-12(7-5-9-14(10)23(24)25)18-16-17-21-20-11(2)22(17)15-8-4-3-6-13(15)19-16/h3-9H,1-2H3,(H,18,19). The summed E-state index contributed by atoms with van der Waals surface area (Å²) in [7, 11) is 0. The van der Waals surface area contributed by atoms with E-state index in [1.807, 2.05) is 35.6 Å². The highest BCUT2D eigenvalue weighted by Gasteiger charge is 2.17. The molecule has 0 spiro atoms. The summed E-state index contributed by atoms with van der Waals surface area (Å²) in [6, 6.07) is 12.6. The van der Waals surface area contributed by atoms with Gasteiger partial charge in [0.05, 0.1) is 21.5 Å². The van der Waals surface area contributed by atoms with E-state index in [1.54, 1.807) is 19.1 Å². The molecule has 8 nitrogen and oxygen atoms in total. The lowest BCUT2D eigenvalue weighted by molar-refractivity contribution is -0.385. The Kier molecular flexibility index (Phi) is 3.31. The number of nitrogens with one attached hydrogen (secondary N) is 1. The number of aryl methyl sites for hydroxylation is 1. The van der Waals surface area contributed by atoms with E-state index in [2.05, 4.69) is 20.5 Å². The van der Waals surface area contributed by atoms with Gasteiger partial charge in [0.1, 0.15) is 5.82 Å². The number of fused-ring (bicyclic) bond motifs is 3. The van der Waals surface area contributed by atoms with Crippen molar-refractivity contribution in [3.8, 4) is 0 Å². The van der Waals surface area contributed by atoms with Crippen molar-refractivity contribution < 1.29 is 4.92 Å². The lowest BCUT2D eigenvalue weighted by atomic mass is 10.1. The van der Waals surface area contributed by atoms with Crippen LogP contribution in [0.5, 0.6) is 0 Å². The van der Waals surface area contributed by atoms with Crippen molar-refractivity contribution in [1.82, 2.24) is 19.6 Å². The first-order valence-electron chi connectivity index (χ1n) is 7.68. The zero-order chi connectivity index (χ0) is 17.6. The first-order chi connectivity index (χ1) is 12.1. The van der Waals surface area contributed by atoms with Crippen LogP contribution in [0.2, 0.25) is 0 Å². The summed E-state index contributed by atoms with van der Waals surface area (Å²) >= 11 is 0. The Hall–Kier alpha value is -3.55. The Morgan fingerprint density at radius 2 is 1.88 bits per heavy atom. The number of rotatable bonds is 3. The van der Waals surface area contributed by atoms with Gasteiger partial charge in [0.15, 0.2) is 5.82 Å². The third-order valence-electron chi connectivity index (χ3n) is 4.15. The molecule has 0 saturated heterocycles. The highest BCUT2D eigenvalue weighted by molar-refractivity contribution is 5.85. The molecule has 0 bridgehead atoms. The van der Waals surface area contributed by atoms with Crippen molar-refractivity contribution in [1.29, 1.82) is 0 Å². The van der Waals surface area contributed by atoms with Crippen LogP contribution in [-0.2, 0) is 0 Å². The van der Waals surface area contributed by atoms with Gasteiger partial charge >= 0.3 is 0 Å². The van der Waals surface area contributed by atoms with E-state index in [9.17, 15) is 10.1 Å². The van der Waals surface area contributed by atoms with Gasteiger partial charge in [-0.25, -0.2) is 4.98 Å². The Labute approximate surface area is 142 Å². The Morgan fingerprint density at radius 3 is 2.68 bits per heavy atom. The minimum absolute atomic E-state index is 0.0551. The van der Waals surface area contributed by atoms with Crippen molar-refractivity contribution in [3.05, 3.63) is 64.0 Å². The third-order valence-corrected chi connectivity index (χ3v) is 4.15. The van der Waals surface area contributed by atoms with Gasteiger partial charge in [-0.05, 0) is 32.0 Å². The molecule has 1 N–H and O–H groups in total. The summed E-state index contributed by atoms with van der Waals surface area (Å²) in [5.41, 5.74) is 3.46. The maximum absolute atomic E-state index is 11.2. The van der Waals surface area contributed by atoms with E-state index in [-0.39, 0.29) is 5.69 Å². The summed E-state index contributed by atoms with van der Waals surface area (Å²) in [5.74, 6) is 1.25. The van der Waals surface area contributed by atoms with E-state index >= 15 is 0 Å². The summed E-state index contributed by atoms with van der Waals surface area (Å²) < 4.78 is 1.91. The zero-order valence-corrected chi connectivity index (χ0v) is 13.6. The van der Waals surface area contributed by atoms with Gasteiger partial charge in [-0.1, -0.05) is 18.2 Å². The molecular formula is C17H14N6O2.